The van der Waals surface area contributed by atoms with E-state index in [2.05, 4.69) is 140 Å². The Kier molecular flexibility index (Phi) is 5.13. The van der Waals surface area contributed by atoms with E-state index in [0.29, 0.717) is 0 Å². The maximum Gasteiger partial charge on any atom is 0.144 e. The van der Waals surface area contributed by atoms with Crippen molar-refractivity contribution in [3.8, 4) is 33.6 Å². The predicted molar refractivity (Wildman–Crippen MR) is 180 cm³/mol. The van der Waals surface area contributed by atoms with Gasteiger partial charge in [0.2, 0.25) is 0 Å². The summed E-state index contributed by atoms with van der Waals surface area (Å²) in [5.74, 6) is 0.895. The lowest BCUT2D eigenvalue weighted by molar-refractivity contribution is 0.633. The average molecular weight is 553 g/mol. The Bertz CT molecular complexity index is 2390. The Morgan fingerprint density at radius 3 is 1.57 bits per heavy atom. The van der Waals surface area contributed by atoms with Crippen LogP contribution in [0.25, 0.3) is 86.3 Å². The van der Waals surface area contributed by atoms with Crippen LogP contribution < -0.4 is 0 Å². The summed E-state index contributed by atoms with van der Waals surface area (Å²) in [6.07, 6.45) is 0. The first-order chi connectivity index (χ1) is 20.8. The molecule has 0 unspecified atom stereocenters. The summed E-state index contributed by atoms with van der Waals surface area (Å²) in [6.45, 7) is 0. The summed E-state index contributed by atoms with van der Waals surface area (Å²) < 4.78 is 9.43. The maximum absolute atomic E-state index is 6.86. The number of rotatable bonds is 3. The van der Waals surface area contributed by atoms with Crippen LogP contribution in [-0.2, 0) is 0 Å². The Balaban J connectivity index is 1.48. The molecule has 9 aromatic rings. The largest absolute Gasteiger partial charge is 0.455 e. The van der Waals surface area contributed by atoms with Crippen molar-refractivity contribution < 1.29 is 4.42 Å². The second-order valence-electron chi connectivity index (χ2n) is 10.8. The smallest absolute Gasteiger partial charge is 0.144 e. The summed E-state index contributed by atoms with van der Waals surface area (Å²) in [5, 5.41) is 8.69. The molecule has 7 aromatic carbocycles. The fourth-order valence-electron chi connectivity index (χ4n) is 6.64. The maximum atomic E-state index is 6.86. The quantitative estimate of drug-likeness (QED) is 0.199. The first-order valence-corrected chi connectivity index (χ1v) is 15.1. The molecule has 0 atom stereocenters. The van der Waals surface area contributed by atoms with Gasteiger partial charge in [-0.05, 0) is 50.9 Å². The third-order valence-corrected chi connectivity index (χ3v) is 9.69. The topological polar surface area (TPSA) is 13.1 Å². The van der Waals surface area contributed by atoms with Gasteiger partial charge in [0, 0.05) is 42.2 Å². The molecule has 0 aliphatic heterocycles. The van der Waals surface area contributed by atoms with Gasteiger partial charge in [0.25, 0.3) is 0 Å². The van der Waals surface area contributed by atoms with E-state index < -0.39 is 0 Å². The highest BCUT2D eigenvalue weighted by atomic mass is 32.1. The van der Waals surface area contributed by atoms with Crippen LogP contribution in [0.4, 0.5) is 0 Å². The van der Waals surface area contributed by atoms with Gasteiger partial charge in [-0.1, -0.05) is 127 Å². The molecular weight excluding hydrogens is 529 g/mol. The van der Waals surface area contributed by atoms with E-state index in [-0.39, 0.29) is 0 Å². The van der Waals surface area contributed by atoms with Crippen LogP contribution in [0.5, 0.6) is 0 Å². The Morgan fingerprint density at radius 2 is 0.929 bits per heavy atom. The van der Waals surface area contributed by atoms with Crippen molar-refractivity contribution >= 4 is 64.0 Å². The third-order valence-electron chi connectivity index (χ3n) is 8.47. The molecular formula is C40H24OS. The number of furan rings is 1. The normalized spacial score (nSPS) is 11.8. The molecule has 0 saturated carbocycles. The minimum Gasteiger partial charge on any atom is -0.455 e. The summed E-state index contributed by atoms with van der Waals surface area (Å²) >= 11 is 1.85. The van der Waals surface area contributed by atoms with Gasteiger partial charge in [-0.2, -0.15) is 0 Å². The van der Waals surface area contributed by atoms with E-state index in [4.69, 9.17) is 4.42 Å². The highest BCUT2D eigenvalue weighted by Gasteiger charge is 2.22. The molecule has 2 heteroatoms. The summed E-state index contributed by atoms with van der Waals surface area (Å²) in [4.78, 5) is 0. The minimum absolute atomic E-state index is 0.895. The molecule has 1 nitrogen and oxygen atoms in total. The summed E-state index contributed by atoms with van der Waals surface area (Å²) in [5.41, 5.74) is 6.88. The van der Waals surface area contributed by atoms with Crippen molar-refractivity contribution in [1.29, 1.82) is 0 Å². The van der Waals surface area contributed by atoms with Gasteiger partial charge in [-0.3, -0.25) is 0 Å². The van der Waals surface area contributed by atoms with Gasteiger partial charge >= 0.3 is 0 Å². The van der Waals surface area contributed by atoms with Crippen LogP contribution in [0.1, 0.15) is 0 Å². The van der Waals surface area contributed by atoms with E-state index >= 15 is 0 Å². The standard InChI is InChI=1S/C40H24OS/c1-3-13-25(14-4-1)35-24-34-39(41-35)33(23-32-27-17-11-12-22-36(27)42-40(32)34)38-30-20-9-7-18-28(30)37(26-15-5-2-6-16-26)29-19-8-10-21-31(29)38/h1-24H. The first-order valence-electron chi connectivity index (χ1n) is 14.3. The van der Waals surface area contributed by atoms with Crippen molar-refractivity contribution in [3.05, 3.63) is 146 Å². The van der Waals surface area contributed by atoms with Crippen LogP contribution in [-0.4, -0.2) is 0 Å². The Labute approximate surface area is 246 Å². The van der Waals surface area contributed by atoms with Crippen molar-refractivity contribution in [1.82, 2.24) is 0 Å². The van der Waals surface area contributed by atoms with Gasteiger partial charge in [-0.15, -0.1) is 11.3 Å². The fourth-order valence-corrected chi connectivity index (χ4v) is 7.84. The van der Waals surface area contributed by atoms with Crippen LogP contribution in [0, 0.1) is 0 Å². The van der Waals surface area contributed by atoms with Crippen LogP contribution >= 0.6 is 11.3 Å². The molecule has 9 rings (SSSR count). The molecule has 0 aliphatic rings. The molecule has 196 valence electrons. The molecule has 0 bridgehead atoms. The Morgan fingerprint density at radius 1 is 0.405 bits per heavy atom. The number of hydrogen-bond acceptors (Lipinski definition) is 2. The zero-order chi connectivity index (χ0) is 27.6. The summed E-state index contributed by atoms with van der Waals surface area (Å²) in [6, 6.07) is 52.3. The second-order valence-corrected chi connectivity index (χ2v) is 11.9. The molecule has 0 spiro atoms. The van der Waals surface area contributed by atoms with Crippen molar-refractivity contribution in [3.63, 3.8) is 0 Å². The van der Waals surface area contributed by atoms with Gasteiger partial charge in [0.15, 0.2) is 0 Å². The number of benzene rings is 7. The van der Waals surface area contributed by atoms with E-state index in [1.165, 1.54) is 63.8 Å². The van der Waals surface area contributed by atoms with Gasteiger partial charge in [0.05, 0.1) is 0 Å². The highest BCUT2D eigenvalue weighted by molar-refractivity contribution is 7.26. The highest BCUT2D eigenvalue weighted by Crippen LogP contribution is 2.49. The molecule has 0 aliphatic carbocycles. The molecule has 0 N–H and O–H groups in total. The van der Waals surface area contributed by atoms with Gasteiger partial charge in [0.1, 0.15) is 11.3 Å². The van der Waals surface area contributed by atoms with Crippen LogP contribution in [0.2, 0.25) is 0 Å². The van der Waals surface area contributed by atoms with Gasteiger partial charge < -0.3 is 4.42 Å². The van der Waals surface area contributed by atoms with Gasteiger partial charge in [-0.25, -0.2) is 0 Å². The van der Waals surface area contributed by atoms with E-state index in [1.807, 2.05) is 17.4 Å². The first kappa shape index (κ1) is 23.5. The van der Waals surface area contributed by atoms with Crippen molar-refractivity contribution in [2.75, 3.05) is 0 Å². The Hall–Kier alpha value is -5.18. The lowest BCUT2D eigenvalue weighted by atomic mass is 9.85. The molecule has 0 fully saturated rings. The monoisotopic (exact) mass is 552 g/mol. The lowest BCUT2D eigenvalue weighted by Crippen LogP contribution is -1.91. The second kappa shape index (κ2) is 9.17. The van der Waals surface area contributed by atoms with Crippen LogP contribution in [0.15, 0.2) is 150 Å². The van der Waals surface area contributed by atoms with E-state index in [9.17, 15) is 0 Å². The molecule has 2 heterocycles. The zero-order valence-corrected chi connectivity index (χ0v) is 23.5. The number of fused-ring (bicyclic) bond motifs is 7. The minimum atomic E-state index is 0.895. The molecule has 0 amide bonds. The van der Waals surface area contributed by atoms with Crippen LogP contribution in [0.3, 0.4) is 0 Å². The number of thiophene rings is 1. The summed E-state index contributed by atoms with van der Waals surface area (Å²) in [7, 11) is 0. The average Bonchev–Trinajstić information content (AvgIpc) is 3.67. The molecule has 2 aromatic heterocycles. The third kappa shape index (κ3) is 3.43. The lowest BCUT2D eigenvalue weighted by Gasteiger charge is -2.18. The molecule has 0 saturated heterocycles. The predicted octanol–water partition coefficient (Wildman–Crippen LogP) is 12.1. The van der Waals surface area contributed by atoms with E-state index in [1.54, 1.807) is 0 Å². The zero-order valence-electron chi connectivity index (χ0n) is 22.7. The van der Waals surface area contributed by atoms with E-state index in [0.717, 1.165) is 22.5 Å². The van der Waals surface area contributed by atoms with Crippen molar-refractivity contribution in [2.24, 2.45) is 0 Å². The number of hydrogen-bond donors (Lipinski definition) is 0. The SMILES string of the molecule is c1ccc(-c2cc3c(o2)c(-c2c4ccccc4c(-c4ccccc4)c4ccccc24)cc2c4ccccc4sc32)cc1. The van der Waals surface area contributed by atoms with Crippen molar-refractivity contribution in [2.45, 2.75) is 0 Å². The molecule has 42 heavy (non-hydrogen) atoms. The fraction of sp³-hybridized carbons (Fsp3) is 0. The molecule has 0 radical (unpaired) electrons.